The average molecular weight is 763 g/mol. The van der Waals surface area contributed by atoms with Crippen LogP contribution in [0, 0.1) is 5.82 Å². The Labute approximate surface area is 320 Å². The fraction of sp³-hybridized carbons (Fsp3) is 0.214. The first-order valence-corrected chi connectivity index (χ1v) is 18.5. The molecule has 2 aliphatic rings. The number of carbonyl (C=O) groups is 5. The topological polar surface area (TPSA) is 163 Å². The summed E-state index contributed by atoms with van der Waals surface area (Å²) in [5, 5.41) is 22.8. The third-order valence-corrected chi connectivity index (χ3v) is 10.0. The van der Waals surface area contributed by atoms with Crippen molar-refractivity contribution in [1.82, 2.24) is 21.3 Å². The molecule has 4 atom stereocenters. The van der Waals surface area contributed by atoms with Crippen molar-refractivity contribution in [3.8, 4) is 16.9 Å². The summed E-state index contributed by atoms with van der Waals surface area (Å²) in [6, 6.07) is 27.6. The Hall–Kier alpha value is -6.34. The van der Waals surface area contributed by atoms with Gasteiger partial charge in [-0.25, -0.2) is 9.18 Å². The van der Waals surface area contributed by atoms with E-state index in [4.69, 9.17) is 4.74 Å². The normalized spacial score (nSPS) is 19.7. The molecule has 4 aromatic carbocycles. The fourth-order valence-corrected chi connectivity index (χ4v) is 6.92. The Bertz CT molecular complexity index is 2090. The lowest BCUT2D eigenvalue weighted by molar-refractivity contribution is -0.142. The van der Waals surface area contributed by atoms with Gasteiger partial charge in [-0.2, -0.15) is 0 Å². The van der Waals surface area contributed by atoms with Gasteiger partial charge in [0, 0.05) is 30.6 Å². The zero-order valence-electron chi connectivity index (χ0n) is 29.6. The molecule has 4 amide bonds. The maximum atomic E-state index is 14.3. The largest absolute Gasteiger partial charge is 0.484 e. The standard InChI is InChI=1S/C42H39FN4O7S/c43-31-16-10-27(11-17-31)22-35-40(50)47-37(42(52)53)23-28-12-18-32(19-13-28)54-25-38(48)44-36(24-33-7-4-20-55-33)41(51)46-34(39(49)45-35)21-26-8-14-30(15-9-26)29-5-2-1-3-6-29/h1-20,34-37H,21-25H2,(H,44,48)(H,45,49)(H,46,51)(H,47,50)(H,52,53). The van der Waals surface area contributed by atoms with Crippen molar-refractivity contribution in [3.05, 3.63) is 148 Å². The monoisotopic (exact) mass is 762 g/mol. The first kappa shape index (κ1) is 38.4. The first-order valence-electron chi connectivity index (χ1n) is 17.7. The van der Waals surface area contributed by atoms with Gasteiger partial charge in [0.1, 0.15) is 35.7 Å². The summed E-state index contributed by atoms with van der Waals surface area (Å²) in [7, 11) is 0. The number of thiophene rings is 1. The minimum absolute atomic E-state index is 0.00599. The maximum Gasteiger partial charge on any atom is 0.326 e. The lowest BCUT2D eigenvalue weighted by Crippen LogP contribution is -2.59. The number of fused-ring (bicyclic) bond motifs is 16. The first-order chi connectivity index (χ1) is 26.6. The van der Waals surface area contributed by atoms with Gasteiger partial charge in [0.05, 0.1) is 0 Å². The number of carbonyl (C=O) groups excluding carboxylic acids is 4. The van der Waals surface area contributed by atoms with Crippen molar-refractivity contribution in [2.24, 2.45) is 0 Å². The molecule has 0 spiro atoms. The zero-order chi connectivity index (χ0) is 38.7. The average Bonchev–Trinajstić information content (AvgIpc) is 3.71. The van der Waals surface area contributed by atoms with Crippen LogP contribution < -0.4 is 26.0 Å². The summed E-state index contributed by atoms with van der Waals surface area (Å²) in [5.74, 6) is -4.20. The molecule has 55 heavy (non-hydrogen) atoms. The number of nitrogens with one attached hydrogen (secondary N) is 4. The van der Waals surface area contributed by atoms with Crippen molar-refractivity contribution in [2.45, 2.75) is 49.9 Å². The van der Waals surface area contributed by atoms with Crippen molar-refractivity contribution in [3.63, 3.8) is 0 Å². The molecule has 0 fully saturated rings. The molecule has 11 nitrogen and oxygen atoms in total. The molecule has 0 saturated heterocycles. The second-order valence-corrected chi connectivity index (χ2v) is 14.2. The van der Waals surface area contributed by atoms with Gasteiger partial charge in [-0.15, -0.1) is 11.3 Å². The van der Waals surface area contributed by atoms with Crippen molar-refractivity contribution >= 4 is 40.9 Å². The Kier molecular flexibility index (Phi) is 12.7. The van der Waals surface area contributed by atoms with Crippen molar-refractivity contribution in [2.75, 3.05) is 6.61 Å². The van der Waals surface area contributed by atoms with Gasteiger partial charge >= 0.3 is 5.97 Å². The van der Waals surface area contributed by atoms with Gasteiger partial charge in [-0.1, -0.05) is 84.9 Å². The number of hydrogen-bond acceptors (Lipinski definition) is 7. The molecule has 1 aromatic heterocycles. The van der Waals surface area contributed by atoms with E-state index >= 15 is 0 Å². The number of carboxylic acid groups (broad SMARTS) is 1. The van der Waals surface area contributed by atoms with Crippen molar-refractivity contribution in [1.29, 1.82) is 0 Å². The maximum absolute atomic E-state index is 14.3. The van der Waals surface area contributed by atoms with Crippen LogP contribution in [0.5, 0.6) is 5.75 Å². The van der Waals surface area contributed by atoms with Gasteiger partial charge in [-0.3, -0.25) is 19.2 Å². The van der Waals surface area contributed by atoms with E-state index < -0.39 is 66.2 Å². The Balaban J connectivity index is 1.34. The number of carboxylic acids is 1. The Morgan fingerprint density at radius 2 is 1.22 bits per heavy atom. The Morgan fingerprint density at radius 3 is 1.80 bits per heavy atom. The van der Waals surface area contributed by atoms with Crippen LogP contribution in [0.4, 0.5) is 4.39 Å². The van der Waals surface area contributed by atoms with E-state index in [0.29, 0.717) is 22.4 Å². The second kappa shape index (κ2) is 18.1. The second-order valence-electron chi connectivity index (χ2n) is 13.2. The van der Waals surface area contributed by atoms with Gasteiger partial charge < -0.3 is 31.1 Å². The summed E-state index contributed by atoms with van der Waals surface area (Å²) >= 11 is 1.41. The van der Waals surface area contributed by atoms with E-state index in [2.05, 4.69) is 21.3 Å². The van der Waals surface area contributed by atoms with Crippen LogP contribution >= 0.6 is 11.3 Å². The number of ether oxygens (including phenoxy) is 1. The third-order valence-electron chi connectivity index (χ3n) is 9.10. The van der Waals surface area contributed by atoms with E-state index in [1.165, 1.54) is 35.6 Å². The lowest BCUT2D eigenvalue weighted by atomic mass is 9.99. The molecule has 7 rings (SSSR count). The highest BCUT2D eigenvalue weighted by molar-refractivity contribution is 7.09. The highest BCUT2D eigenvalue weighted by Gasteiger charge is 2.32. The summed E-state index contributed by atoms with van der Waals surface area (Å²) < 4.78 is 19.5. The molecule has 2 aliphatic heterocycles. The van der Waals surface area contributed by atoms with Crippen LogP contribution in [0.2, 0.25) is 0 Å². The molecule has 282 valence electrons. The molecular formula is C42H39FN4O7S. The van der Waals surface area contributed by atoms with Crippen LogP contribution in [0.1, 0.15) is 21.6 Å². The molecule has 0 aliphatic carbocycles. The predicted molar refractivity (Wildman–Crippen MR) is 205 cm³/mol. The minimum Gasteiger partial charge on any atom is -0.484 e. The molecule has 4 unspecified atom stereocenters. The summed E-state index contributed by atoms with van der Waals surface area (Å²) in [6.07, 6.45) is -0.0664. The van der Waals surface area contributed by atoms with Crippen LogP contribution in [0.15, 0.2) is 121 Å². The molecule has 13 heteroatoms. The molecular weight excluding hydrogens is 724 g/mol. The molecule has 5 N–H and O–H groups in total. The van der Waals surface area contributed by atoms with Gasteiger partial charge in [0.15, 0.2) is 6.61 Å². The van der Waals surface area contributed by atoms with E-state index in [1.807, 2.05) is 72.1 Å². The highest BCUT2D eigenvalue weighted by atomic mass is 32.1. The van der Waals surface area contributed by atoms with E-state index in [1.54, 1.807) is 24.3 Å². The molecule has 5 aromatic rings. The van der Waals surface area contributed by atoms with E-state index in [0.717, 1.165) is 16.0 Å². The highest BCUT2D eigenvalue weighted by Crippen LogP contribution is 2.21. The number of amides is 4. The quantitative estimate of drug-likeness (QED) is 0.148. The SMILES string of the molecule is O=C1COc2ccc(cc2)CC(C(=O)O)NC(=O)C(Cc2ccc(F)cc2)NC(=O)C(Cc2ccc(-c3ccccc3)cc2)NC(=O)C(Cc2cccs2)N1. The number of aliphatic carboxylic acids is 1. The minimum atomic E-state index is -1.38. The third kappa shape index (κ3) is 10.9. The van der Waals surface area contributed by atoms with Crippen molar-refractivity contribution < 1.29 is 38.2 Å². The summed E-state index contributed by atoms with van der Waals surface area (Å²) in [4.78, 5) is 68.6. The smallest absolute Gasteiger partial charge is 0.326 e. The lowest BCUT2D eigenvalue weighted by Gasteiger charge is -2.26. The van der Waals surface area contributed by atoms with E-state index in [9.17, 15) is 33.5 Å². The molecule has 0 saturated carbocycles. The van der Waals surface area contributed by atoms with E-state index in [-0.39, 0.29) is 25.7 Å². The van der Waals surface area contributed by atoms with Crippen LogP contribution in [0.3, 0.4) is 0 Å². The number of hydrogen-bond donors (Lipinski definition) is 5. The number of halogens is 1. The Morgan fingerprint density at radius 1 is 0.655 bits per heavy atom. The summed E-state index contributed by atoms with van der Waals surface area (Å²) in [6.45, 7) is -0.413. The molecule has 2 bridgehead atoms. The molecule has 3 heterocycles. The van der Waals surface area contributed by atoms with Crippen LogP contribution in [-0.4, -0.2) is 65.5 Å². The summed E-state index contributed by atoms with van der Waals surface area (Å²) in [5.41, 5.74) is 3.69. The molecule has 0 radical (unpaired) electrons. The van der Waals surface area contributed by atoms with Gasteiger partial charge in [-0.05, 0) is 63.5 Å². The number of benzene rings is 4. The van der Waals surface area contributed by atoms with Crippen LogP contribution in [-0.2, 0) is 49.7 Å². The van der Waals surface area contributed by atoms with Gasteiger partial charge in [0.2, 0.25) is 17.7 Å². The predicted octanol–water partition coefficient (Wildman–Crippen LogP) is 4.24. The van der Waals surface area contributed by atoms with Crippen LogP contribution in [0.25, 0.3) is 11.1 Å². The van der Waals surface area contributed by atoms with Gasteiger partial charge in [0.25, 0.3) is 5.91 Å². The number of rotatable bonds is 8. The zero-order valence-corrected chi connectivity index (χ0v) is 30.4. The fourth-order valence-electron chi connectivity index (χ4n) is 6.17.